The summed E-state index contributed by atoms with van der Waals surface area (Å²) >= 11 is 0. The number of allylic oxidation sites excluding steroid dienone is 2. The maximum atomic E-state index is 11.5. The minimum absolute atomic E-state index is 0.0228. The Kier molecular flexibility index (Phi) is 2.74. The van der Waals surface area contributed by atoms with E-state index in [9.17, 15) is 4.79 Å². The quantitative estimate of drug-likeness (QED) is 0.774. The molecule has 2 rings (SSSR count). The Morgan fingerprint density at radius 1 is 1.38 bits per heavy atom. The first-order valence-electron chi connectivity index (χ1n) is 5.18. The van der Waals surface area contributed by atoms with Crippen molar-refractivity contribution in [3.8, 4) is 6.07 Å². The standard InChI is InChI=1S/C13H12N2O/c1-9-12(8-14)11(7-13(16)15-9)10-5-3-2-4-6-10/h2-6,11H,7H2,1H3,(H,15,16)/t11-/m1/s1. The van der Waals surface area contributed by atoms with E-state index >= 15 is 0 Å². The first-order valence-corrected chi connectivity index (χ1v) is 5.18. The summed E-state index contributed by atoms with van der Waals surface area (Å²) in [7, 11) is 0. The van der Waals surface area contributed by atoms with Crippen LogP contribution in [0.15, 0.2) is 41.6 Å². The number of rotatable bonds is 1. The maximum absolute atomic E-state index is 11.5. The molecule has 3 heteroatoms. The molecule has 0 saturated carbocycles. The Bertz CT molecular complexity index is 482. The molecule has 16 heavy (non-hydrogen) atoms. The third-order valence-corrected chi connectivity index (χ3v) is 2.79. The van der Waals surface area contributed by atoms with Gasteiger partial charge in [0.1, 0.15) is 0 Å². The summed E-state index contributed by atoms with van der Waals surface area (Å²) in [4.78, 5) is 11.5. The number of hydrogen-bond acceptors (Lipinski definition) is 2. The fourth-order valence-electron chi connectivity index (χ4n) is 2.01. The lowest BCUT2D eigenvalue weighted by molar-refractivity contribution is -0.121. The van der Waals surface area contributed by atoms with Gasteiger partial charge in [0.15, 0.2) is 0 Å². The van der Waals surface area contributed by atoms with Gasteiger partial charge < -0.3 is 5.32 Å². The van der Waals surface area contributed by atoms with Crippen molar-refractivity contribution in [3.63, 3.8) is 0 Å². The molecule has 1 aromatic rings. The highest BCUT2D eigenvalue weighted by molar-refractivity contribution is 5.81. The molecule has 3 nitrogen and oxygen atoms in total. The van der Waals surface area contributed by atoms with Gasteiger partial charge in [0.2, 0.25) is 5.91 Å². The summed E-state index contributed by atoms with van der Waals surface area (Å²) in [5.41, 5.74) is 2.35. The van der Waals surface area contributed by atoms with Crippen LogP contribution in [0.5, 0.6) is 0 Å². The van der Waals surface area contributed by atoms with E-state index in [2.05, 4.69) is 11.4 Å². The monoisotopic (exact) mass is 212 g/mol. The van der Waals surface area contributed by atoms with Gasteiger partial charge in [-0.1, -0.05) is 30.3 Å². The highest BCUT2D eigenvalue weighted by Gasteiger charge is 2.26. The minimum atomic E-state index is -0.0973. The van der Waals surface area contributed by atoms with Crippen LogP contribution in [0.3, 0.4) is 0 Å². The van der Waals surface area contributed by atoms with Gasteiger partial charge in [-0.25, -0.2) is 0 Å². The van der Waals surface area contributed by atoms with E-state index in [1.165, 1.54) is 0 Å². The Hall–Kier alpha value is -2.08. The van der Waals surface area contributed by atoms with E-state index in [-0.39, 0.29) is 11.8 Å². The first kappa shape index (κ1) is 10.4. The highest BCUT2D eigenvalue weighted by atomic mass is 16.1. The fourth-order valence-corrected chi connectivity index (χ4v) is 2.01. The highest BCUT2D eigenvalue weighted by Crippen LogP contribution is 2.31. The Balaban J connectivity index is 2.45. The van der Waals surface area contributed by atoms with Crippen LogP contribution in [-0.4, -0.2) is 5.91 Å². The van der Waals surface area contributed by atoms with E-state index in [1.807, 2.05) is 30.3 Å². The molecule has 0 bridgehead atoms. The van der Waals surface area contributed by atoms with E-state index < -0.39 is 0 Å². The maximum Gasteiger partial charge on any atom is 0.225 e. The van der Waals surface area contributed by atoms with E-state index in [0.717, 1.165) is 5.56 Å². The van der Waals surface area contributed by atoms with Crippen LogP contribution >= 0.6 is 0 Å². The minimum Gasteiger partial charge on any atom is -0.329 e. The van der Waals surface area contributed by atoms with Crippen LogP contribution in [0.2, 0.25) is 0 Å². The zero-order valence-corrected chi connectivity index (χ0v) is 9.03. The van der Waals surface area contributed by atoms with Crippen LogP contribution in [-0.2, 0) is 4.79 Å². The van der Waals surface area contributed by atoms with Gasteiger partial charge in [-0.3, -0.25) is 4.79 Å². The van der Waals surface area contributed by atoms with Gasteiger partial charge in [0.05, 0.1) is 11.6 Å². The molecule has 1 heterocycles. The van der Waals surface area contributed by atoms with Crippen molar-refractivity contribution in [1.82, 2.24) is 5.32 Å². The van der Waals surface area contributed by atoms with Crippen LogP contribution in [0.25, 0.3) is 0 Å². The molecule has 0 radical (unpaired) electrons. The van der Waals surface area contributed by atoms with Gasteiger partial charge in [-0.05, 0) is 12.5 Å². The summed E-state index contributed by atoms with van der Waals surface area (Å²) in [5, 5.41) is 11.8. The topological polar surface area (TPSA) is 52.9 Å². The molecular formula is C13H12N2O. The molecule has 1 aliphatic heterocycles. The van der Waals surface area contributed by atoms with Crippen molar-refractivity contribution < 1.29 is 4.79 Å². The van der Waals surface area contributed by atoms with Gasteiger partial charge in [0, 0.05) is 18.0 Å². The summed E-state index contributed by atoms with van der Waals surface area (Å²) in [6.07, 6.45) is 0.351. The summed E-state index contributed by atoms with van der Waals surface area (Å²) < 4.78 is 0. The number of amides is 1. The summed E-state index contributed by atoms with van der Waals surface area (Å²) in [5.74, 6) is -0.120. The average Bonchev–Trinajstić information content (AvgIpc) is 2.29. The number of hydrogen-bond donors (Lipinski definition) is 1. The predicted molar refractivity (Wildman–Crippen MR) is 60.3 cm³/mol. The van der Waals surface area contributed by atoms with Crippen molar-refractivity contribution in [2.45, 2.75) is 19.3 Å². The predicted octanol–water partition coefficient (Wildman–Crippen LogP) is 2.09. The second-order valence-corrected chi connectivity index (χ2v) is 3.87. The zero-order valence-electron chi connectivity index (χ0n) is 9.03. The number of carbonyl (C=O) groups is 1. The van der Waals surface area contributed by atoms with Gasteiger partial charge in [0.25, 0.3) is 0 Å². The molecule has 1 amide bonds. The number of benzene rings is 1. The van der Waals surface area contributed by atoms with Gasteiger partial charge in [-0.15, -0.1) is 0 Å². The molecule has 0 aromatic heterocycles. The molecule has 0 fully saturated rings. The fraction of sp³-hybridized carbons (Fsp3) is 0.231. The van der Waals surface area contributed by atoms with E-state index in [4.69, 9.17) is 5.26 Å². The number of nitrogens with zero attached hydrogens (tertiary/aromatic N) is 1. The van der Waals surface area contributed by atoms with Gasteiger partial charge in [-0.2, -0.15) is 5.26 Å². The van der Waals surface area contributed by atoms with Crippen LogP contribution < -0.4 is 5.32 Å². The summed E-state index contributed by atoms with van der Waals surface area (Å²) in [6.45, 7) is 1.77. The molecule has 0 unspecified atom stereocenters. The third kappa shape index (κ3) is 1.82. The Morgan fingerprint density at radius 3 is 2.69 bits per heavy atom. The largest absolute Gasteiger partial charge is 0.329 e. The van der Waals surface area contributed by atoms with Crippen LogP contribution in [0, 0.1) is 11.3 Å². The van der Waals surface area contributed by atoms with Crippen molar-refractivity contribution in [1.29, 1.82) is 5.26 Å². The Morgan fingerprint density at radius 2 is 2.06 bits per heavy atom. The van der Waals surface area contributed by atoms with Gasteiger partial charge >= 0.3 is 0 Å². The zero-order chi connectivity index (χ0) is 11.5. The van der Waals surface area contributed by atoms with E-state index in [1.54, 1.807) is 6.92 Å². The average molecular weight is 212 g/mol. The van der Waals surface area contributed by atoms with Crippen molar-refractivity contribution in [2.75, 3.05) is 0 Å². The van der Waals surface area contributed by atoms with Crippen molar-refractivity contribution in [3.05, 3.63) is 47.2 Å². The van der Waals surface area contributed by atoms with Crippen molar-refractivity contribution >= 4 is 5.91 Å². The molecule has 0 spiro atoms. The second-order valence-electron chi connectivity index (χ2n) is 3.87. The molecule has 1 aliphatic rings. The molecular weight excluding hydrogens is 200 g/mol. The lowest BCUT2D eigenvalue weighted by Crippen LogP contribution is -2.30. The molecule has 1 N–H and O–H groups in total. The van der Waals surface area contributed by atoms with E-state index in [0.29, 0.717) is 17.7 Å². The van der Waals surface area contributed by atoms with Crippen molar-refractivity contribution in [2.24, 2.45) is 0 Å². The smallest absolute Gasteiger partial charge is 0.225 e. The second kappa shape index (κ2) is 4.19. The molecule has 0 saturated heterocycles. The normalized spacial score (nSPS) is 20.2. The summed E-state index contributed by atoms with van der Waals surface area (Å²) in [6, 6.07) is 11.9. The molecule has 1 atom stereocenters. The van der Waals surface area contributed by atoms with Crippen LogP contribution in [0.4, 0.5) is 0 Å². The first-order chi connectivity index (χ1) is 7.72. The molecule has 80 valence electrons. The SMILES string of the molecule is CC1=C(C#N)[C@@H](c2ccccc2)CC(=O)N1. The Labute approximate surface area is 94.4 Å². The van der Waals surface area contributed by atoms with Crippen LogP contribution in [0.1, 0.15) is 24.8 Å². The lowest BCUT2D eigenvalue weighted by Gasteiger charge is -2.23. The number of carbonyl (C=O) groups excluding carboxylic acids is 1. The third-order valence-electron chi connectivity index (χ3n) is 2.79. The molecule has 0 aliphatic carbocycles. The number of nitriles is 1. The lowest BCUT2D eigenvalue weighted by atomic mass is 9.85. The number of nitrogens with one attached hydrogen (secondary N) is 1. The molecule has 1 aromatic carbocycles.